The van der Waals surface area contributed by atoms with Gasteiger partial charge in [-0.25, -0.2) is 0 Å². The first-order valence-corrected chi connectivity index (χ1v) is 9.56. The van der Waals surface area contributed by atoms with Gasteiger partial charge in [-0.05, 0) is 42.8 Å². The van der Waals surface area contributed by atoms with Gasteiger partial charge in [-0.3, -0.25) is 4.79 Å². The molecular weight excluding hydrogens is 304 g/mol. The number of benzene rings is 1. The largest absolute Gasteiger partial charge is 0.351 e. The van der Waals surface area contributed by atoms with E-state index in [0.29, 0.717) is 12.0 Å². The summed E-state index contributed by atoms with van der Waals surface area (Å²) in [6.07, 6.45) is 4.56. The molecule has 2 unspecified atom stereocenters. The average molecular weight is 328 g/mol. The van der Waals surface area contributed by atoms with Crippen molar-refractivity contribution in [1.29, 1.82) is 0 Å². The number of carbonyl (C=O) groups is 1. The number of hydrogen-bond acceptors (Lipinski definition) is 3. The zero-order valence-corrected chi connectivity index (χ0v) is 14.4. The van der Waals surface area contributed by atoms with Crippen LogP contribution in [0.5, 0.6) is 0 Å². The van der Waals surface area contributed by atoms with Crippen LogP contribution < -0.4 is 5.32 Å². The van der Waals surface area contributed by atoms with Gasteiger partial charge in [-0.2, -0.15) is 0 Å². The van der Waals surface area contributed by atoms with E-state index in [9.17, 15) is 4.79 Å². The van der Waals surface area contributed by atoms with E-state index >= 15 is 0 Å². The van der Waals surface area contributed by atoms with Gasteiger partial charge in [0.15, 0.2) is 0 Å². The molecule has 1 N–H and O–H groups in total. The van der Waals surface area contributed by atoms with Gasteiger partial charge in [0.1, 0.15) is 5.41 Å². The van der Waals surface area contributed by atoms with Crippen molar-refractivity contribution >= 4 is 17.7 Å². The fraction of sp³-hybridized carbons (Fsp3) is 0.526. The van der Waals surface area contributed by atoms with Crippen molar-refractivity contribution in [3.63, 3.8) is 0 Å². The van der Waals surface area contributed by atoms with E-state index in [4.69, 9.17) is 0 Å². The van der Waals surface area contributed by atoms with Crippen LogP contribution in [0.3, 0.4) is 0 Å². The minimum absolute atomic E-state index is 0.177. The number of nitrogens with one attached hydrogen (secondary N) is 1. The molecule has 3 atom stereocenters. The van der Waals surface area contributed by atoms with Crippen molar-refractivity contribution in [2.45, 2.75) is 36.5 Å². The molecule has 3 fully saturated rings. The normalized spacial score (nSPS) is 38.7. The van der Waals surface area contributed by atoms with E-state index in [0.717, 1.165) is 12.1 Å². The Bertz CT molecular complexity index is 609. The highest BCUT2D eigenvalue weighted by Gasteiger charge is 2.47. The van der Waals surface area contributed by atoms with Crippen LogP contribution in [0.15, 0.2) is 41.8 Å². The van der Waals surface area contributed by atoms with E-state index in [2.05, 4.69) is 40.8 Å². The van der Waals surface area contributed by atoms with Gasteiger partial charge in [0, 0.05) is 17.8 Å². The Morgan fingerprint density at radius 1 is 1.26 bits per heavy atom. The Labute approximate surface area is 142 Å². The van der Waals surface area contributed by atoms with Crippen molar-refractivity contribution in [2.24, 2.45) is 5.92 Å². The van der Waals surface area contributed by atoms with Gasteiger partial charge >= 0.3 is 0 Å². The van der Waals surface area contributed by atoms with Crippen LogP contribution in [0.25, 0.3) is 0 Å². The number of thioether (sulfide) groups is 1. The van der Waals surface area contributed by atoms with Crippen molar-refractivity contribution in [3.05, 3.63) is 47.4 Å². The highest BCUT2D eigenvalue weighted by molar-refractivity contribution is 8.03. The standard InChI is InChI=1S/C19H24N2OS/c1-14-19(9-12-23-14,16-5-3-2-4-6-16)18(22)20-17-13-21-10-7-15(17)8-11-21/h2-6,9,12,14-15,17H,7-8,10-11,13H2,1H3,(H,20,22)/t14?,17-,19?/m0/s1. The number of rotatable bonds is 3. The summed E-state index contributed by atoms with van der Waals surface area (Å²) in [4.78, 5) is 15.8. The SMILES string of the molecule is CC1SC=CC1(C(=O)N[C@H]1CN2CCC1CC2)c1ccccc1. The molecule has 4 aliphatic heterocycles. The maximum Gasteiger partial charge on any atom is 0.235 e. The summed E-state index contributed by atoms with van der Waals surface area (Å²) < 4.78 is 0. The van der Waals surface area contributed by atoms with E-state index in [1.54, 1.807) is 11.8 Å². The molecule has 4 aliphatic rings. The van der Waals surface area contributed by atoms with Gasteiger partial charge in [0.2, 0.25) is 5.91 Å². The lowest BCUT2D eigenvalue weighted by Crippen LogP contribution is -2.60. The van der Waals surface area contributed by atoms with Crippen LogP contribution in [0.1, 0.15) is 25.3 Å². The minimum Gasteiger partial charge on any atom is -0.351 e. The molecular formula is C19H24N2OS. The predicted molar refractivity (Wildman–Crippen MR) is 95.4 cm³/mol. The van der Waals surface area contributed by atoms with Gasteiger partial charge < -0.3 is 10.2 Å². The molecule has 2 bridgehead atoms. The van der Waals surface area contributed by atoms with Crippen LogP contribution >= 0.6 is 11.8 Å². The summed E-state index contributed by atoms with van der Waals surface area (Å²) in [6.45, 7) is 5.58. The highest BCUT2D eigenvalue weighted by atomic mass is 32.2. The first-order chi connectivity index (χ1) is 11.2. The molecule has 0 saturated carbocycles. The molecule has 4 heteroatoms. The molecule has 23 heavy (non-hydrogen) atoms. The van der Waals surface area contributed by atoms with Gasteiger partial charge in [-0.1, -0.05) is 43.3 Å². The topological polar surface area (TPSA) is 32.3 Å². The van der Waals surface area contributed by atoms with Crippen molar-refractivity contribution < 1.29 is 4.79 Å². The van der Waals surface area contributed by atoms with Gasteiger partial charge in [0.05, 0.1) is 0 Å². The third-order valence-corrected chi connectivity index (χ3v) is 6.93. The summed E-state index contributed by atoms with van der Waals surface area (Å²) in [6, 6.07) is 10.6. The van der Waals surface area contributed by atoms with E-state index in [1.165, 1.54) is 25.9 Å². The van der Waals surface area contributed by atoms with Crippen molar-refractivity contribution in [2.75, 3.05) is 19.6 Å². The molecule has 5 rings (SSSR count). The fourth-order valence-corrected chi connectivity index (χ4v) is 5.43. The lowest BCUT2D eigenvalue weighted by atomic mass is 9.76. The summed E-state index contributed by atoms with van der Waals surface area (Å²) >= 11 is 1.75. The monoisotopic (exact) mass is 328 g/mol. The second-order valence-corrected chi connectivity index (χ2v) is 8.29. The summed E-state index contributed by atoms with van der Waals surface area (Å²) in [5.41, 5.74) is 0.574. The lowest BCUT2D eigenvalue weighted by Gasteiger charge is -2.46. The maximum absolute atomic E-state index is 13.3. The van der Waals surface area contributed by atoms with Crippen molar-refractivity contribution in [1.82, 2.24) is 10.2 Å². The predicted octanol–water partition coefficient (Wildman–Crippen LogP) is 2.78. The van der Waals surface area contributed by atoms with E-state index in [1.807, 2.05) is 18.2 Å². The van der Waals surface area contributed by atoms with E-state index in [-0.39, 0.29) is 11.2 Å². The van der Waals surface area contributed by atoms with Crippen LogP contribution in [0.4, 0.5) is 0 Å². The van der Waals surface area contributed by atoms with Crippen LogP contribution in [0, 0.1) is 5.92 Å². The summed E-state index contributed by atoms with van der Waals surface area (Å²) in [5, 5.41) is 5.74. The van der Waals surface area contributed by atoms with Crippen LogP contribution in [-0.4, -0.2) is 41.7 Å². The highest BCUT2D eigenvalue weighted by Crippen LogP contribution is 2.43. The van der Waals surface area contributed by atoms with Gasteiger partial charge in [-0.15, -0.1) is 11.8 Å². The smallest absolute Gasteiger partial charge is 0.235 e. The van der Waals surface area contributed by atoms with Crippen LogP contribution in [-0.2, 0) is 10.2 Å². The van der Waals surface area contributed by atoms with Crippen LogP contribution in [0.2, 0.25) is 0 Å². The molecule has 122 valence electrons. The Balaban J connectivity index is 1.60. The fourth-order valence-electron chi connectivity index (χ4n) is 4.36. The molecule has 4 heterocycles. The Morgan fingerprint density at radius 3 is 2.57 bits per heavy atom. The number of fused-ring (bicyclic) bond motifs is 3. The zero-order chi connectivity index (χ0) is 15.9. The molecule has 3 nitrogen and oxygen atoms in total. The summed E-state index contributed by atoms with van der Waals surface area (Å²) in [5.74, 6) is 0.835. The second kappa shape index (κ2) is 5.99. The Hall–Kier alpha value is -1.26. The average Bonchev–Trinajstić information content (AvgIpc) is 2.99. The molecule has 0 spiro atoms. The Morgan fingerprint density at radius 2 is 2.00 bits per heavy atom. The van der Waals surface area contributed by atoms with E-state index < -0.39 is 5.41 Å². The number of piperidine rings is 3. The first kappa shape index (κ1) is 15.3. The minimum atomic E-state index is -0.530. The maximum atomic E-state index is 13.3. The number of nitrogens with zero attached hydrogens (tertiary/aromatic N) is 1. The van der Waals surface area contributed by atoms with Crippen molar-refractivity contribution in [3.8, 4) is 0 Å². The molecule has 1 amide bonds. The first-order valence-electron chi connectivity index (χ1n) is 8.62. The Kier molecular flexibility index (Phi) is 3.98. The van der Waals surface area contributed by atoms with Gasteiger partial charge in [0.25, 0.3) is 0 Å². The second-order valence-electron chi connectivity index (χ2n) is 7.03. The number of hydrogen-bond donors (Lipinski definition) is 1. The molecule has 0 aromatic heterocycles. The third kappa shape index (κ3) is 2.52. The molecule has 0 radical (unpaired) electrons. The third-order valence-electron chi connectivity index (χ3n) is 5.85. The lowest BCUT2D eigenvalue weighted by molar-refractivity contribution is -0.127. The zero-order valence-electron chi connectivity index (χ0n) is 13.6. The number of amides is 1. The molecule has 0 aliphatic carbocycles. The molecule has 3 saturated heterocycles. The molecule has 1 aromatic rings. The quantitative estimate of drug-likeness (QED) is 0.926. The molecule has 1 aromatic carbocycles. The summed E-state index contributed by atoms with van der Waals surface area (Å²) in [7, 11) is 0. The number of carbonyl (C=O) groups excluding carboxylic acids is 1.